The van der Waals surface area contributed by atoms with Crippen molar-refractivity contribution in [1.82, 2.24) is 0 Å². The number of fused-ring (bicyclic) bond motifs is 5. The van der Waals surface area contributed by atoms with E-state index in [2.05, 4.69) is 20.8 Å². The molecule has 0 aliphatic heterocycles. The first-order valence-corrected chi connectivity index (χ1v) is 13.5. The van der Waals surface area contributed by atoms with E-state index in [9.17, 15) is 35.7 Å². The zero-order valence-electron chi connectivity index (χ0n) is 21.4. The smallest absolute Gasteiger partial charge is 0.0863 e. The summed E-state index contributed by atoms with van der Waals surface area (Å²) in [6.45, 7) is 7.65. The number of hydrogen-bond donors (Lipinski definition) is 7. The third-order valence-corrected chi connectivity index (χ3v) is 11.2. The minimum atomic E-state index is -1.27. The fourth-order valence-electron chi connectivity index (χ4n) is 9.58. The van der Waals surface area contributed by atoms with Crippen molar-refractivity contribution >= 4 is 0 Å². The topological polar surface area (TPSA) is 142 Å². The zero-order chi connectivity index (χ0) is 25.3. The van der Waals surface area contributed by atoms with Crippen LogP contribution in [-0.4, -0.2) is 78.0 Å². The zero-order valence-corrected chi connectivity index (χ0v) is 21.4. The summed E-state index contributed by atoms with van der Waals surface area (Å²) in [4.78, 5) is 0. The van der Waals surface area contributed by atoms with E-state index in [1.165, 1.54) is 0 Å². The molecule has 7 N–H and O–H groups in total. The summed E-state index contributed by atoms with van der Waals surface area (Å²) < 4.78 is 0. The predicted molar refractivity (Wildman–Crippen MR) is 128 cm³/mol. The number of rotatable bonds is 6. The SMILES string of the molecule is C[C@H](CCC[C@](C)(O)CO)[C@H]1[C@@H](O)[C@H](O)C2[C@]3(O)C[C@@H](O)C4C[C@@H](O)CC[C@]4(C)C3CC[C@@]21C. The van der Waals surface area contributed by atoms with Crippen LogP contribution < -0.4 is 0 Å². The molecule has 4 fully saturated rings. The standard InChI is InChI=1S/C27H48O7/c1-15(6-5-9-24(2,33)14-28)20-21(31)22(32)23-26(20,4)11-8-19-25(3)10-7-16(29)12-17(25)18(30)13-27(19,23)34/h15-23,28-34H,5-14H2,1-4H3/t15-,16+,17?,18-,19?,20+,21-,22+,23?,24+,25+,26-,27+/m1/s1. The van der Waals surface area contributed by atoms with Crippen LogP contribution in [-0.2, 0) is 0 Å². The molecule has 34 heavy (non-hydrogen) atoms. The lowest BCUT2D eigenvalue weighted by atomic mass is 9.42. The molecule has 0 radical (unpaired) electrons. The van der Waals surface area contributed by atoms with Crippen LogP contribution in [0.5, 0.6) is 0 Å². The molecule has 198 valence electrons. The number of aliphatic hydroxyl groups excluding tert-OH is 5. The highest BCUT2D eigenvalue weighted by Crippen LogP contribution is 2.69. The Morgan fingerprint density at radius 2 is 1.65 bits per heavy atom. The highest BCUT2D eigenvalue weighted by atomic mass is 16.3. The Hall–Kier alpha value is -0.280. The monoisotopic (exact) mass is 484 g/mol. The van der Waals surface area contributed by atoms with Gasteiger partial charge in [0.25, 0.3) is 0 Å². The summed E-state index contributed by atoms with van der Waals surface area (Å²) in [6.07, 6.45) is 2.43. The maximum atomic E-state index is 12.3. The predicted octanol–water partition coefficient (Wildman–Crippen LogP) is 1.58. The van der Waals surface area contributed by atoms with Gasteiger partial charge in [0, 0.05) is 12.3 Å². The van der Waals surface area contributed by atoms with Crippen molar-refractivity contribution in [3.63, 3.8) is 0 Å². The highest BCUT2D eigenvalue weighted by molar-refractivity contribution is 5.21. The maximum Gasteiger partial charge on any atom is 0.0863 e. The van der Waals surface area contributed by atoms with Crippen molar-refractivity contribution in [1.29, 1.82) is 0 Å². The van der Waals surface area contributed by atoms with E-state index < -0.39 is 47.0 Å². The average Bonchev–Trinajstić information content (AvgIpc) is 2.95. The van der Waals surface area contributed by atoms with Gasteiger partial charge in [0.15, 0.2) is 0 Å². The number of hydrogen-bond acceptors (Lipinski definition) is 7. The summed E-state index contributed by atoms with van der Waals surface area (Å²) in [5.74, 6) is -0.817. The van der Waals surface area contributed by atoms with E-state index in [4.69, 9.17) is 0 Å². The molecule has 0 aromatic heterocycles. The van der Waals surface area contributed by atoms with E-state index in [1.54, 1.807) is 6.92 Å². The van der Waals surface area contributed by atoms with Crippen LogP contribution in [0.25, 0.3) is 0 Å². The molecule has 4 aliphatic carbocycles. The van der Waals surface area contributed by atoms with Gasteiger partial charge in [-0.05, 0) is 80.0 Å². The van der Waals surface area contributed by atoms with Gasteiger partial charge in [0.2, 0.25) is 0 Å². The summed E-state index contributed by atoms with van der Waals surface area (Å²) in [6, 6.07) is 0. The van der Waals surface area contributed by atoms with Gasteiger partial charge in [-0.2, -0.15) is 0 Å². The summed E-state index contributed by atoms with van der Waals surface area (Å²) in [7, 11) is 0. The number of aliphatic hydroxyl groups is 7. The first-order chi connectivity index (χ1) is 15.7. The van der Waals surface area contributed by atoms with Gasteiger partial charge in [-0.1, -0.05) is 33.6 Å². The van der Waals surface area contributed by atoms with Crippen molar-refractivity contribution in [2.45, 2.75) is 121 Å². The van der Waals surface area contributed by atoms with Gasteiger partial charge in [-0.25, -0.2) is 0 Å². The molecular formula is C27H48O7. The lowest BCUT2D eigenvalue weighted by Crippen LogP contribution is -2.68. The minimum absolute atomic E-state index is 0.0657. The Labute approximate surface area is 204 Å². The van der Waals surface area contributed by atoms with E-state index in [1.807, 2.05) is 0 Å². The summed E-state index contributed by atoms with van der Waals surface area (Å²) in [5, 5.41) is 75.9. The molecule has 0 amide bonds. The molecule has 0 bridgehead atoms. The van der Waals surface area contributed by atoms with Crippen molar-refractivity contribution < 1.29 is 35.7 Å². The molecule has 3 unspecified atom stereocenters. The second-order valence-corrected chi connectivity index (χ2v) is 13.4. The average molecular weight is 485 g/mol. The van der Waals surface area contributed by atoms with Gasteiger partial charge < -0.3 is 35.7 Å². The summed E-state index contributed by atoms with van der Waals surface area (Å²) >= 11 is 0. The third kappa shape index (κ3) is 3.98. The van der Waals surface area contributed by atoms with Crippen molar-refractivity contribution in [2.75, 3.05) is 6.61 Å². The van der Waals surface area contributed by atoms with Crippen molar-refractivity contribution in [3.8, 4) is 0 Å². The molecule has 7 nitrogen and oxygen atoms in total. The lowest BCUT2D eigenvalue weighted by Gasteiger charge is -2.65. The fourth-order valence-corrected chi connectivity index (χ4v) is 9.58. The molecule has 0 spiro atoms. The Morgan fingerprint density at radius 1 is 1.00 bits per heavy atom. The van der Waals surface area contributed by atoms with Gasteiger partial charge >= 0.3 is 0 Å². The molecule has 7 heteroatoms. The molecule has 4 rings (SSSR count). The Bertz CT molecular complexity index is 744. The molecule has 0 saturated heterocycles. The molecule has 4 saturated carbocycles. The Morgan fingerprint density at radius 3 is 2.29 bits per heavy atom. The summed E-state index contributed by atoms with van der Waals surface area (Å²) in [5.41, 5.74) is -3.17. The fraction of sp³-hybridized carbons (Fsp3) is 1.00. The van der Waals surface area contributed by atoms with Crippen LogP contribution in [0.4, 0.5) is 0 Å². The Balaban J connectivity index is 1.60. The normalized spacial score (nSPS) is 53.4. The van der Waals surface area contributed by atoms with Crippen LogP contribution in [0.15, 0.2) is 0 Å². The van der Waals surface area contributed by atoms with Crippen LogP contribution >= 0.6 is 0 Å². The first-order valence-electron chi connectivity index (χ1n) is 13.5. The molecule has 4 aliphatic rings. The molecule has 0 heterocycles. The third-order valence-electron chi connectivity index (χ3n) is 11.2. The van der Waals surface area contributed by atoms with E-state index in [0.717, 1.165) is 25.7 Å². The van der Waals surface area contributed by atoms with Crippen LogP contribution in [0.1, 0.15) is 85.5 Å². The quantitative estimate of drug-likeness (QED) is 0.303. The highest BCUT2D eigenvalue weighted by Gasteiger charge is 2.72. The second kappa shape index (κ2) is 8.93. The first kappa shape index (κ1) is 26.8. The maximum absolute atomic E-state index is 12.3. The Kier molecular flexibility index (Phi) is 7.03. The lowest BCUT2D eigenvalue weighted by molar-refractivity contribution is -0.264. The molecule has 13 atom stereocenters. The van der Waals surface area contributed by atoms with E-state index in [0.29, 0.717) is 25.7 Å². The van der Waals surface area contributed by atoms with E-state index >= 15 is 0 Å². The molecule has 0 aromatic carbocycles. The van der Waals surface area contributed by atoms with E-state index in [-0.39, 0.29) is 42.1 Å². The molecule has 0 aromatic rings. The van der Waals surface area contributed by atoms with Crippen LogP contribution in [0.2, 0.25) is 0 Å². The van der Waals surface area contributed by atoms with Crippen molar-refractivity contribution in [3.05, 3.63) is 0 Å². The van der Waals surface area contributed by atoms with Crippen LogP contribution in [0, 0.1) is 40.4 Å². The second-order valence-electron chi connectivity index (χ2n) is 13.4. The largest absolute Gasteiger partial charge is 0.393 e. The molecular weight excluding hydrogens is 436 g/mol. The van der Waals surface area contributed by atoms with Crippen molar-refractivity contribution in [2.24, 2.45) is 40.4 Å². The van der Waals surface area contributed by atoms with Gasteiger partial charge in [-0.15, -0.1) is 0 Å². The minimum Gasteiger partial charge on any atom is -0.393 e. The van der Waals surface area contributed by atoms with Gasteiger partial charge in [0.05, 0.1) is 42.2 Å². The van der Waals surface area contributed by atoms with Gasteiger partial charge in [0.1, 0.15) is 0 Å². The van der Waals surface area contributed by atoms with Gasteiger partial charge in [-0.3, -0.25) is 0 Å². The van der Waals surface area contributed by atoms with Crippen LogP contribution in [0.3, 0.4) is 0 Å².